The zero-order chi connectivity index (χ0) is 14.2. The highest BCUT2D eigenvalue weighted by Crippen LogP contribution is 2.39. The Kier molecular flexibility index (Phi) is 3.48. The second-order valence-corrected chi connectivity index (χ2v) is 6.07. The van der Waals surface area contributed by atoms with Gasteiger partial charge in [-0.3, -0.25) is 14.6 Å². The van der Waals surface area contributed by atoms with Crippen molar-refractivity contribution in [1.82, 2.24) is 9.80 Å². The maximum absolute atomic E-state index is 10.8. The Morgan fingerprint density at radius 1 is 1.30 bits per heavy atom. The molecule has 0 aromatic heterocycles. The minimum absolute atomic E-state index is 0.184. The second kappa shape index (κ2) is 5.14. The molecular weight excluding hydrogens is 254 g/mol. The smallest absolute Gasteiger partial charge is 0.269 e. The van der Waals surface area contributed by atoms with Gasteiger partial charge in [-0.05, 0) is 6.92 Å². The lowest BCUT2D eigenvalue weighted by atomic mass is 10.1. The van der Waals surface area contributed by atoms with Gasteiger partial charge in [0.1, 0.15) is 11.7 Å². The van der Waals surface area contributed by atoms with Crippen molar-refractivity contribution >= 4 is 11.4 Å². The number of quaternary nitrogens is 1. The van der Waals surface area contributed by atoms with Crippen LogP contribution in [0, 0.1) is 10.1 Å². The van der Waals surface area contributed by atoms with Gasteiger partial charge >= 0.3 is 0 Å². The van der Waals surface area contributed by atoms with Crippen LogP contribution in [0.25, 0.3) is 0 Å². The van der Waals surface area contributed by atoms with E-state index in [1.807, 2.05) is 12.1 Å². The predicted octanol–water partition coefficient (Wildman–Crippen LogP) is 2.45. The van der Waals surface area contributed by atoms with Crippen molar-refractivity contribution in [1.29, 1.82) is 0 Å². The Labute approximate surface area is 119 Å². The second-order valence-electron chi connectivity index (χ2n) is 6.07. The third-order valence-corrected chi connectivity index (χ3v) is 5.16. The van der Waals surface area contributed by atoms with Crippen LogP contribution >= 0.6 is 0 Å². The molecule has 0 spiro atoms. The first-order chi connectivity index (χ1) is 9.64. The molecule has 1 N–H and O–H groups in total. The summed E-state index contributed by atoms with van der Waals surface area (Å²) in [5, 5.41) is 14.3. The molecule has 0 radical (unpaired) electrons. The van der Waals surface area contributed by atoms with Crippen LogP contribution in [0.1, 0.15) is 26.2 Å². The Bertz CT molecular complexity index is 496. The van der Waals surface area contributed by atoms with Gasteiger partial charge in [-0.25, -0.2) is 0 Å². The lowest BCUT2D eigenvalue weighted by Crippen LogP contribution is -2.59. The fourth-order valence-corrected chi connectivity index (χ4v) is 4.12. The molecule has 2 saturated heterocycles. The van der Waals surface area contributed by atoms with E-state index in [-0.39, 0.29) is 10.6 Å². The average Bonchev–Trinajstić information content (AvgIpc) is 3.08. The summed E-state index contributed by atoms with van der Waals surface area (Å²) in [4.78, 5) is 10.5. The van der Waals surface area contributed by atoms with E-state index >= 15 is 0 Å². The van der Waals surface area contributed by atoms with Crippen molar-refractivity contribution in [3.05, 3.63) is 34.4 Å². The van der Waals surface area contributed by atoms with Crippen molar-refractivity contribution in [2.45, 2.75) is 38.3 Å². The van der Waals surface area contributed by atoms with Gasteiger partial charge in [0.05, 0.1) is 17.5 Å². The van der Waals surface area contributed by atoms with E-state index in [2.05, 4.69) is 12.2 Å². The van der Waals surface area contributed by atoms with E-state index in [4.69, 9.17) is 0 Å². The van der Waals surface area contributed by atoms with Crippen molar-refractivity contribution in [2.75, 3.05) is 19.6 Å². The number of nitrogens with one attached hydrogen (secondary N) is 1. The molecule has 1 aromatic carbocycles. The first-order valence-corrected chi connectivity index (χ1v) is 7.48. The maximum atomic E-state index is 10.8. The molecule has 3 atom stereocenters. The number of benzene rings is 1. The molecule has 20 heavy (non-hydrogen) atoms. The molecule has 3 rings (SSSR count). The highest BCUT2D eigenvalue weighted by atomic mass is 16.6. The summed E-state index contributed by atoms with van der Waals surface area (Å²) in [6, 6.07) is 8.46. The van der Waals surface area contributed by atoms with E-state index in [0.29, 0.717) is 12.1 Å². The average molecular weight is 276 g/mol. The third kappa shape index (κ3) is 2.01. The molecule has 1 unspecified atom stereocenters. The number of likely N-dealkylation sites (tertiary alicyclic amines) is 1. The van der Waals surface area contributed by atoms with Gasteiger partial charge in [0, 0.05) is 56.6 Å². The summed E-state index contributed by atoms with van der Waals surface area (Å²) in [7, 11) is 0. The molecule has 1 aromatic rings. The fraction of sp³-hybridized carbons (Fsp3) is 0.600. The van der Waals surface area contributed by atoms with Gasteiger partial charge in [-0.1, -0.05) is 0 Å². The first-order valence-electron chi connectivity index (χ1n) is 7.48. The topological polar surface area (TPSA) is 55.2 Å². The number of hydrogen-bond donors (Lipinski definition) is 1. The summed E-state index contributed by atoms with van der Waals surface area (Å²) in [6.07, 6.45) is 3.68. The van der Waals surface area contributed by atoms with E-state index in [0.717, 1.165) is 24.1 Å². The van der Waals surface area contributed by atoms with E-state index in [9.17, 15) is 10.1 Å². The minimum atomic E-state index is -0.321. The summed E-state index contributed by atoms with van der Waals surface area (Å²) < 4.78 is 1.00. The summed E-state index contributed by atoms with van der Waals surface area (Å²) >= 11 is 0. The molecular formula is C15H22N3O2+. The van der Waals surface area contributed by atoms with Crippen LogP contribution in [0.3, 0.4) is 0 Å². The fourth-order valence-electron chi connectivity index (χ4n) is 4.12. The number of nitro benzene ring substituents is 1. The quantitative estimate of drug-likeness (QED) is 0.524. The highest BCUT2D eigenvalue weighted by Gasteiger charge is 2.48. The van der Waals surface area contributed by atoms with Crippen molar-refractivity contribution in [2.24, 2.45) is 0 Å². The van der Waals surface area contributed by atoms with Crippen molar-refractivity contribution in [3.63, 3.8) is 0 Å². The minimum Gasteiger partial charge on any atom is -0.311 e. The molecule has 108 valence electrons. The van der Waals surface area contributed by atoms with Gasteiger partial charge in [0.2, 0.25) is 0 Å². The molecule has 2 fully saturated rings. The molecule has 0 amide bonds. The zero-order valence-corrected chi connectivity index (χ0v) is 11.9. The Morgan fingerprint density at radius 3 is 2.55 bits per heavy atom. The van der Waals surface area contributed by atoms with E-state index < -0.39 is 0 Å². The molecule has 5 nitrogen and oxygen atoms in total. The summed E-state index contributed by atoms with van der Waals surface area (Å²) in [5.74, 6) is 0. The summed E-state index contributed by atoms with van der Waals surface area (Å²) in [6.45, 7) is 5.63. The first kappa shape index (κ1) is 13.5. The van der Waals surface area contributed by atoms with Crippen LogP contribution in [-0.4, -0.2) is 36.6 Å². The van der Waals surface area contributed by atoms with Crippen LogP contribution in [0.15, 0.2) is 24.3 Å². The van der Waals surface area contributed by atoms with Gasteiger partial charge in [0.25, 0.3) is 5.69 Å². The van der Waals surface area contributed by atoms with Crippen molar-refractivity contribution < 1.29 is 4.92 Å². The molecule has 2 heterocycles. The number of hydrogen-bond acceptors (Lipinski definition) is 3. The van der Waals surface area contributed by atoms with Gasteiger partial charge in [-0.2, -0.15) is 0 Å². The highest BCUT2D eigenvalue weighted by molar-refractivity contribution is 5.50. The molecule has 0 saturated carbocycles. The molecule has 0 aliphatic carbocycles. The van der Waals surface area contributed by atoms with Crippen LogP contribution in [0.5, 0.6) is 0 Å². The van der Waals surface area contributed by atoms with E-state index in [1.54, 1.807) is 12.1 Å². The lowest BCUT2D eigenvalue weighted by molar-refractivity contribution is -0.384. The monoisotopic (exact) mass is 276 g/mol. The van der Waals surface area contributed by atoms with Gasteiger partial charge in [0.15, 0.2) is 0 Å². The predicted molar refractivity (Wildman–Crippen MR) is 79.7 cm³/mol. The summed E-state index contributed by atoms with van der Waals surface area (Å²) in [5.41, 5.74) is 1.43. The third-order valence-electron chi connectivity index (χ3n) is 5.16. The van der Waals surface area contributed by atoms with Crippen LogP contribution in [-0.2, 0) is 0 Å². The zero-order valence-electron chi connectivity index (χ0n) is 11.9. The van der Waals surface area contributed by atoms with Crippen LogP contribution in [0.2, 0.25) is 0 Å². The largest absolute Gasteiger partial charge is 0.311 e. The number of rotatable bonds is 3. The Hall–Kier alpha value is -1.46. The number of nitrogens with zero attached hydrogens (tertiary/aromatic N) is 2. The molecule has 2 aliphatic heterocycles. The lowest BCUT2D eigenvalue weighted by Gasteiger charge is -2.43. The normalized spacial score (nSPS) is 33.5. The van der Waals surface area contributed by atoms with E-state index in [1.165, 1.54) is 24.9 Å². The van der Waals surface area contributed by atoms with Crippen LogP contribution < -0.4 is 9.80 Å². The van der Waals surface area contributed by atoms with Crippen molar-refractivity contribution in [3.8, 4) is 0 Å². The van der Waals surface area contributed by atoms with Crippen LogP contribution in [0.4, 0.5) is 11.4 Å². The maximum Gasteiger partial charge on any atom is 0.269 e. The van der Waals surface area contributed by atoms with Gasteiger partial charge in [-0.15, -0.1) is 0 Å². The molecule has 5 heteroatoms. The Morgan fingerprint density at radius 2 is 2.05 bits per heavy atom. The number of non-ortho nitro benzene ring substituents is 1. The van der Waals surface area contributed by atoms with Gasteiger partial charge < -0.3 is 5.32 Å². The Balaban J connectivity index is 1.99. The molecule has 2 aliphatic rings. The SMILES string of the molecule is C[C@H]1CCC[N+]1(c1ccc([N+](=O)[O-])cc1)[C@H]1CCNC1. The number of nitro groups is 1. The molecule has 0 bridgehead atoms. The standard InChI is InChI=1S/C15H22N3O2/c1-12-3-2-10-18(12,15-8-9-16-11-15)14-6-4-13(5-7-14)17(19)20/h4-7,12,15-16H,2-3,8-11H2,1H3/q+1/t12-,15-,18?/m0/s1.